The molecule has 12 unspecified atom stereocenters. The number of amidine groups is 2. The first-order chi connectivity index (χ1) is 50.8. The van der Waals surface area contributed by atoms with Crippen molar-refractivity contribution in [1.82, 2.24) is 10.1 Å². The first-order valence-electron chi connectivity index (χ1n) is 30.4. The normalized spacial score (nSPS) is 18.0. The molecule has 2 aliphatic heterocycles. The summed E-state index contributed by atoms with van der Waals surface area (Å²) in [6.07, 6.45) is -111. The summed E-state index contributed by atoms with van der Waals surface area (Å²) in [6.45, 7) is 14.8. The van der Waals surface area contributed by atoms with Crippen molar-refractivity contribution >= 4 is 11.7 Å². The predicted octanol–water partition coefficient (Wildman–Crippen LogP) is 11.2. The minimum Gasteiger partial charge on any atom is -0.693 e. The number of alkyl halides is 36. The number of halogens is 36. The van der Waals surface area contributed by atoms with Gasteiger partial charge in [0.2, 0.25) is 0 Å². The smallest absolute Gasteiger partial charge is 0.414 e. The van der Waals surface area contributed by atoms with Gasteiger partial charge in [0.05, 0.1) is 34.4 Å². The second kappa shape index (κ2) is 52.9. The molecule has 0 saturated carbocycles. The molecule has 0 bridgehead atoms. The average molecular weight is 2120 g/mol. The maximum absolute atomic E-state index is 11.5. The van der Waals surface area contributed by atoms with Crippen LogP contribution in [0.5, 0.6) is 0 Å². The maximum Gasteiger partial charge on any atom is 0.414 e. The summed E-state index contributed by atoms with van der Waals surface area (Å²) in [5, 5.41) is 159. The van der Waals surface area contributed by atoms with E-state index in [4.69, 9.17) is 71.8 Å². The third kappa shape index (κ3) is 47.5. The number of nitrogens with zero attached hydrogens (tertiary/aromatic N) is 6. The molecule has 65 heteroatoms. The van der Waals surface area contributed by atoms with Gasteiger partial charge in [-0.15, -0.1) is 10.1 Å². The van der Waals surface area contributed by atoms with Crippen molar-refractivity contribution in [2.45, 2.75) is 263 Å². The summed E-state index contributed by atoms with van der Waals surface area (Å²) in [5.74, 6) is 0.638. The van der Waals surface area contributed by atoms with Crippen molar-refractivity contribution in [3.8, 4) is 12.1 Å². The SMILES string of the molecule is CC1(C)N(O)C(c2ccc(C#N)cc2)=[N+](O)C1(C)C.CC1(C)N(O)C(c2ccc(C#N)cc2)=[N+](O)C1(C)C.O.OC(CC(O)C(F)(F)F)C(F)(F)F.OC(CC(O)C(F)(F)F)C(F)(F)F.OC(CC(O)C(F)(F)F)C(F)(F)F.OC(CC(O)C(F)(F)F)C(F)(F)F.OC(CC(O)C(F)(F)F)C(F)(F)F.OC(CC(O)C(F)(F)F)C(F)(F)F.[Co].[Co].[Co].[Co].[Co].[NH2-]. The first-order valence-corrected chi connectivity index (χ1v) is 30.4. The fourth-order valence-electron chi connectivity index (χ4n) is 7.02. The van der Waals surface area contributed by atoms with Crippen LogP contribution >= 0.6 is 0 Å². The molecule has 123 heavy (non-hydrogen) atoms. The Balaban J connectivity index is -0.000000129. The summed E-state index contributed by atoms with van der Waals surface area (Å²) in [4.78, 5) is 0. The van der Waals surface area contributed by atoms with Gasteiger partial charge in [-0.1, -0.05) is 9.48 Å². The molecule has 24 nitrogen and oxygen atoms in total. The van der Waals surface area contributed by atoms with Crippen molar-refractivity contribution < 1.29 is 339 Å². The molecule has 0 aliphatic carbocycles. The Morgan fingerprint density at radius 1 is 0.276 bits per heavy atom. The number of hydroxylamine groups is 6. The Bertz CT molecular complexity index is 2940. The fourth-order valence-corrected chi connectivity index (χ4v) is 7.02. The van der Waals surface area contributed by atoms with Crippen molar-refractivity contribution in [3.05, 3.63) is 76.9 Å². The summed E-state index contributed by atoms with van der Waals surface area (Å²) < 4.78 is 415. The molecule has 4 rings (SSSR count). The molecular formula is C58H76Co5F36N7O17+. The van der Waals surface area contributed by atoms with Gasteiger partial charge >= 0.3 is 85.8 Å². The molecule has 2 aliphatic rings. The standard InChI is InChI=1S/2C14H18N3O2.6C5H6F6O2.5Co.H2N.H2O/c2*1-13(2)14(3,4)17(19)12(16(13)18)11-7-5-10(9-15)6-8-11;6*6-4(7,8)2(12)1-3(13)5(9,10)11;;;;;;;/h2*5-8,18-19H,1-4H3;6*2-3,12-13H,1H2;;;;;;2*1H2/q2*+1;;;;;;;;;;;;-1;. The van der Waals surface area contributed by atoms with Gasteiger partial charge in [0.15, 0.2) is 95.4 Å². The molecule has 0 fully saturated rings. The van der Waals surface area contributed by atoms with Gasteiger partial charge in [-0.2, -0.15) is 169 Å². The van der Waals surface area contributed by atoms with Crippen LogP contribution in [0.15, 0.2) is 48.5 Å². The zero-order valence-corrected chi connectivity index (χ0v) is 67.2. The topological polar surface area (TPSA) is 449 Å². The monoisotopic (exact) mass is 2120 g/mol. The van der Waals surface area contributed by atoms with Crippen LogP contribution in [0.3, 0.4) is 0 Å². The van der Waals surface area contributed by atoms with Gasteiger partial charge in [0.1, 0.15) is 0 Å². The number of hydrogen-bond acceptors (Lipinski definition) is 20. The Morgan fingerprint density at radius 2 is 0.382 bits per heavy atom. The molecule has 0 spiro atoms. The van der Waals surface area contributed by atoms with Crippen LogP contribution < -0.4 is 0 Å². The molecule has 0 saturated heterocycles. The molecule has 0 amide bonds. The average Bonchev–Trinajstić information content (AvgIpc) is 1.58. The zero-order chi connectivity index (χ0) is 94.0. The second-order valence-corrected chi connectivity index (χ2v) is 25.6. The van der Waals surface area contributed by atoms with E-state index in [1.165, 1.54) is 0 Å². The maximum atomic E-state index is 11.5. The van der Waals surface area contributed by atoms with Gasteiger partial charge in [-0.05, 0) is 104 Å². The number of nitrogens with two attached hydrogens (primary N) is 1. The van der Waals surface area contributed by atoms with Gasteiger partial charge in [0, 0.05) is 122 Å². The van der Waals surface area contributed by atoms with Crippen LogP contribution in [0, 0.1) is 22.7 Å². The van der Waals surface area contributed by atoms with Crippen LogP contribution in [0.2, 0.25) is 0 Å². The predicted molar refractivity (Wildman–Crippen MR) is 320 cm³/mol. The van der Waals surface area contributed by atoms with Crippen molar-refractivity contribution in [1.29, 1.82) is 10.5 Å². The number of hydrogen-bond donors (Lipinski definition) is 16. The van der Waals surface area contributed by atoms with E-state index in [9.17, 15) is 179 Å². The zero-order valence-electron chi connectivity index (χ0n) is 62.0. The molecule has 0 aromatic heterocycles. The van der Waals surface area contributed by atoms with Crippen LogP contribution in [0.1, 0.15) is 116 Å². The van der Waals surface area contributed by atoms with E-state index in [2.05, 4.69) is 0 Å². The fraction of sp³-hybridized carbons (Fsp3) is 0.724. The minimum absolute atomic E-state index is 0. The van der Waals surface area contributed by atoms with E-state index < -0.39 is 208 Å². The van der Waals surface area contributed by atoms with Crippen LogP contribution in [0.25, 0.3) is 6.15 Å². The van der Waals surface area contributed by atoms with Gasteiger partial charge in [-0.25, -0.2) is 10.4 Å². The molecule has 5 radical (unpaired) electrons. The van der Waals surface area contributed by atoms with Crippen LogP contribution in [-0.2, 0) is 83.9 Å². The second-order valence-electron chi connectivity index (χ2n) is 25.6. The van der Waals surface area contributed by atoms with Crippen molar-refractivity contribution in [2.24, 2.45) is 0 Å². The van der Waals surface area contributed by atoms with E-state index in [1.54, 1.807) is 48.5 Å². The molecule has 741 valence electrons. The van der Waals surface area contributed by atoms with Gasteiger partial charge in [-0.3, -0.25) is 0 Å². The molecule has 2 aromatic carbocycles. The summed E-state index contributed by atoms with van der Waals surface area (Å²) in [6, 6.07) is 17.5. The number of aliphatic hydroxyl groups excluding tert-OH is 12. The van der Waals surface area contributed by atoms with Crippen LogP contribution in [-0.4, -0.2) is 288 Å². The van der Waals surface area contributed by atoms with E-state index in [0.717, 1.165) is 19.6 Å². The van der Waals surface area contributed by atoms with E-state index in [0.29, 0.717) is 33.9 Å². The Morgan fingerprint density at radius 3 is 0.455 bits per heavy atom. The van der Waals surface area contributed by atoms with Gasteiger partial charge in [0.25, 0.3) is 0 Å². The van der Waals surface area contributed by atoms with E-state index in [-0.39, 0.29) is 95.5 Å². The number of benzene rings is 2. The molecule has 2 aromatic rings. The van der Waals surface area contributed by atoms with Gasteiger partial charge < -0.3 is 83.3 Å². The molecule has 12 atom stereocenters. The Hall–Kier alpha value is -4.67. The number of nitriles is 2. The van der Waals surface area contributed by atoms with E-state index in [1.807, 2.05) is 67.5 Å². The molecular weight excluding hydrogens is 2050 g/mol. The van der Waals surface area contributed by atoms with Crippen LogP contribution in [0.4, 0.5) is 158 Å². The Labute approximate surface area is 721 Å². The largest absolute Gasteiger partial charge is 0.693 e. The Kier molecular flexibility index (Phi) is 60.8. The third-order valence-corrected chi connectivity index (χ3v) is 15.7. The van der Waals surface area contributed by atoms with Crippen molar-refractivity contribution in [2.75, 3.05) is 0 Å². The van der Waals surface area contributed by atoms with E-state index >= 15 is 0 Å². The summed E-state index contributed by atoms with van der Waals surface area (Å²) in [7, 11) is 0. The van der Waals surface area contributed by atoms with Crippen molar-refractivity contribution in [3.63, 3.8) is 0 Å². The number of rotatable bonds is 14. The quantitative estimate of drug-likeness (QED) is 0.0474. The number of aliphatic hydroxyl groups is 12. The molecule has 2 heterocycles. The first kappa shape index (κ1) is 141. The minimum atomic E-state index is -5.15. The molecule has 20 N–H and O–H groups in total. The summed E-state index contributed by atoms with van der Waals surface area (Å²) >= 11 is 0. The summed E-state index contributed by atoms with van der Waals surface area (Å²) in [5.41, 5.74) is -0.207. The third-order valence-electron chi connectivity index (χ3n) is 15.7.